The topological polar surface area (TPSA) is 61.4 Å². The van der Waals surface area contributed by atoms with Crippen molar-refractivity contribution in [3.63, 3.8) is 0 Å². The second kappa shape index (κ2) is 8.63. The van der Waals surface area contributed by atoms with Crippen LogP contribution in [0.15, 0.2) is 82.6 Å². The van der Waals surface area contributed by atoms with E-state index in [0.717, 1.165) is 15.5 Å². The third-order valence-electron chi connectivity index (χ3n) is 5.16. The zero-order valence-corrected chi connectivity index (χ0v) is 17.7. The van der Waals surface area contributed by atoms with Crippen molar-refractivity contribution in [2.24, 2.45) is 0 Å². The van der Waals surface area contributed by atoms with Crippen LogP contribution in [0.25, 0.3) is 0 Å². The Morgan fingerprint density at radius 2 is 1.73 bits per heavy atom. The normalized spacial score (nSPS) is 13.7. The van der Waals surface area contributed by atoms with E-state index >= 15 is 0 Å². The molecule has 5 nitrogen and oxygen atoms in total. The quantitative estimate of drug-likeness (QED) is 0.601. The molecule has 0 fully saturated rings. The molecule has 1 atom stereocenters. The van der Waals surface area contributed by atoms with Crippen molar-refractivity contribution in [3.05, 3.63) is 83.9 Å². The molecular weight excluding hydrogens is 394 g/mol. The van der Waals surface area contributed by atoms with Gasteiger partial charge in [-0.3, -0.25) is 4.79 Å². The summed E-state index contributed by atoms with van der Waals surface area (Å²) in [5.74, 6) is 0.151. The maximum absolute atomic E-state index is 12.9. The molecule has 1 aliphatic heterocycles. The Morgan fingerprint density at radius 1 is 1.00 bits per heavy atom. The monoisotopic (exact) mass is 417 g/mol. The molecule has 1 aliphatic rings. The molecule has 0 spiro atoms. The van der Waals surface area contributed by atoms with Crippen LogP contribution >= 0.6 is 11.8 Å². The molecule has 0 aliphatic carbocycles. The lowest BCUT2D eigenvalue weighted by atomic mass is 10.0. The van der Waals surface area contributed by atoms with Gasteiger partial charge in [0, 0.05) is 29.1 Å². The molecule has 0 unspecified atom stereocenters. The summed E-state index contributed by atoms with van der Waals surface area (Å²) in [5, 5.41) is 5.80. The number of fused-ring (bicyclic) bond motifs is 2. The summed E-state index contributed by atoms with van der Waals surface area (Å²) in [5.41, 5.74) is 3.28. The number of amides is 3. The fourth-order valence-corrected chi connectivity index (χ4v) is 4.49. The highest BCUT2D eigenvalue weighted by molar-refractivity contribution is 7.99. The Hall–Kier alpha value is -3.25. The number of anilines is 2. The standard InChI is InChI=1S/C24H23N3O2S/c1-16(17-8-4-3-5-9-17)15-25-24(29)26-18-12-13-22-20(14-18)27(2)23(28)19-10-6-7-11-21(19)30-22/h3-14,16H,15H2,1-2H3,(H2,25,26,29)/t16-/m0/s1. The lowest BCUT2D eigenvalue weighted by Crippen LogP contribution is -2.32. The van der Waals surface area contributed by atoms with E-state index in [4.69, 9.17) is 0 Å². The molecule has 0 saturated heterocycles. The van der Waals surface area contributed by atoms with Crippen molar-refractivity contribution in [3.8, 4) is 0 Å². The Labute approximate surface area is 180 Å². The number of hydrogen-bond acceptors (Lipinski definition) is 3. The summed E-state index contributed by atoms with van der Waals surface area (Å²) >= 11 is 1.56. The average Bonchev–Trinajstić information content (AvgIpc) is 2.88. The van der Waals surface area contributed by atoms with Crippen LogP contribution in [0.5, 0.6) is 0 Å². The Bertz CT molecular complexity index is 1080. The second-order valence-corrected chi connectivity index (χ2v) is 8.38. The second-order valence-electron chi connectivity index (χ2n) is 7.29. The van der Waals surface area contributed by atoms with Crippen molar-refractivity contribution in [2.45, 2.75) is 22.6 Å². The van der Waals surface area contributed by atoms with Crippen LogP contribution in [-0.4, -0.2) is 25.5 Å². The van der Waals surface area contributed by atoms with Gasteiger partial charge in [-0.2, -0.15) is 0 Å². The molecule has 0 radical (unpaired) electrons. The first-order chi connectivity index (χ1) is 14.5. The van der Waals surface area contributed by atoms with Gasteiger partial charge in [0.2, 0.25) is 0 Å². The maximum atomic E-state index is 12.9. The average molecular weight is 418 g/mol. The zero-order valence-electron chi connectivity index (χ0n) is 16.9. The summed E-state index contributed by atoms with van der Waals surface area (Å²) in [6, 6.07) is 23.0. The SMILES string of the molecule is C[C@@H](CNC(=O)Nc1ccc2c(c1)N(C)C(=O)c1ccccc1S2)c1ccccc1. The van der Waals surface area contributed by atoms with Crippen LogP contribution in [-0.2, 0) is 0 Å². The van der Waals surface area contributed by atoms with Gasteiger partial charge in [0.15, 0.2) is 0 Å². The van der Waals surface area contributed by atoms with E-state index < -0.39 is 0 Å². The molecule has 3 aromatic carbocycles. The molecule has 3 amide bonds. The largest absolute Gasteiger partial charge is 0.337 e. The van der Waals surface area contributed by atoms with Gasteiger partial charge >= 0.3 is 6.03 Å². The van der Waals surface area contributed by atoms with E-state index in [9.17, 15) is 9.59 Å². The van der Waals surface area contributed by atoms with E-state index in [1.165, 1.54) is 5.56 Å². The van der Waals surface area contributed by atoms with Gasteiger partial charge in [0.1, 0.15) is 0 Å². The fraction of sp³-hybridized carbons (Fsp3) is 0.167. The van der Waals surface area contributed by atoms with Crippen LogP contribution < -0.4 is 15.5 Å². The Balaban J connectivity index is 1.45. The third-order valence-corrected chi connectivity index (χ3v) is 6.30. The van der Waals surface area contributed by atoms with E-state index in [1.54, 1.807) is 23.7 Å². The molecule has 152 valence electrons. The number of nitrogens with zero attached hydrogens (tertiary/aromatic N) is 1. The first kappa shape index (κ1) is 20.0. The first-order valence-corrected chi connectivity index (χ1v) is 10.6. The molecule has 0 saturated carbocycles. The number of carbonyl (C=O) groups excluding carboxylic acids is 2. The summed E-state index contributed by atoms with van der Waals surface area (Å²) in [6.45, 7) is 2.61. The van der Waals surface area contributed by atoms with Crippen LogP contribution in [0.4, 0.5) is 16.2 Å². The maximum Gasteiger partial charge on any atom is 0.319 e. The molecule has 6 heteroatoms. The first-order valence-electron chi connectivity index (χ1n) is 9.81. The minimum absolute atomic E-state index is 0.0601. The molecular formula is C24H23N3O2S. The number of urea groups is 1. The van der Waals surface area contributed by atoms with E-state index in [-0.39, 0.29) is 17.9 Å². The highest BCUT2D eigenvalue weighted by atomic mass is 32.2. The summed E-state index contributed by atoms with van der Waals surface area (Å²) in [7, 11) is 1.76. The van der Waals surface area contributed by atoms with Crippen molar-refractivity contribution in [1.82, 2.24) is 5.32 Å². The number of nitrogens with one attached hydrogen (secondary N) is 2. The molecule has 4 rings (SSSR count). The lowest BCUT2D eigenvalue weighted by molar-refractivity contribution is 0.0990. The van der Waals surface area contributed by atoms with Crippen LogP contribution in [0.2, 0.25) is 0 Å². The van der Waals surface area contributed by atoms with Crippen molar-refractivity contribution < 1.29 is 9.59 Å². The molecule has 1 heterocycles. The third kappa shape index (κ3) is 4.19. The van der Waals surface area contributed by atoms with E-state index in [2.05, 4.69) is 29.7 Å². The Kier molecular flexibility index (Phi) is 5.77. The van der Waals surface area contributed by atoms with Crippen LogP contribution in [0.1, 0.15) is 28.8 Å². The van der Waals surface area contributed by atoms with Crippen molar-refractivity contribution >= 4 is 35.1 Å². The molecule has 0 bridgehead atoms. The molecule has 0 aromatic heterocycles. The predicted molar refractivity (Wildman–Crippen MR) is 122 cm³/mol. The number of rotatable bonds is 4. The summed E-state index contributed by atoms with van der Waals surface area (Å²) < 4.78 is 0. The van der Waals surface area contributed by atoms with E-state index in [1.807, 2.05) is 60.7 Å². The van der Waals surface area contributed by atoms with Gasteiger partial charge in [-0.1, -0.05) is 61.2 Å². The number of carbonyl (C=O) groups is 2. The Morgan fingerprint density at radius 3 is 2.53 bits per heavy atom. The number of hydrogen-bond donors (Lipinski definition) is 2. The van der Waals surface area contributed by atoms with Crippen molar-refractivity contribution in [1.29, 1.82) is 0 Å². The van der Waals surface area contributed by atoms with Gasteiger partial charge in [0.25, 0.3) is 5.91 Å². The minimum atomic E-state index is -0.267. The summed E-state index contributed by atoms with van der Waals surface area (Å²) in [4.78, 5) is 28.8. The molecule has 3 aromatic rings. The minimum Gasteiger partial charge on any atom is -0.337 e. The fourth-order valence-electron chi connectivity index (χ4n) is 3.40. The van der Waals surface area contributed by atoms with Crippen LogP contribution in [0.3, 0.4) is 0 Å². The molecule has 30 heavy (non-hydrogen) atoms. The van der Waals surface area contributed by atoms with Crippen LogP contribution in [0, 0.1) is 0 Å². The zero-order chi connectivity index (χ0) is 21.1. The number of benzene rings is 3. The van der Waals surface area contributed by atoms with Crippen molar-refractivity contribution in [2.75, 3.05) is 23.8 Å². The van der Waals surface area contributed by atoms with Gasteiger partial charge in [-0.25, -0.2) is 4.79 Å². The van der Waals surface area contributed by atoms with Gasteiger partial charge in [-0.05, 0) is 41.8 Å². The smallest absolute Gasteiger partial charge is 0.319 e. The summed E-state index contributed by atoms with van der Waals surface area (Å²) in [6.07, 6.45) is 0. The highest BCUT2D eigenvalue weighted by Gasteiger charge is 2.24. The lowest BCUT2D eigenvalue weighted by Gasteiger charge is -2.19. The van der Waals surface area contributed by atoms with Gasteiger partial charge in [-0.15, -0.1) is 0 Å². The predicted octanol–water partition coefficient (Wildman–Crippen LogP) is 5.35. The molecule has 2 N–H and O–H groups in total. The van der Waals surface area contributed by atoms with Gasteiger partial charge in [0.05, 0.1) is 11.3 Å². The van der Waals surface area contributed by atoms with Gasteiger partial charge < -0.3 is 15.5 Å². The van der Waals surface area contributed by atoms with E-state index in [0.29, 0.717) is 17.8 Å². The highest BCUT2D eigenvalue weighted by Crippen LogP contribution is 2.41.